The molecule has 0 spiro atoms. The molecule has 0 aliphatic rings. The van der Waals surface area contributed by atoms with Crippen LogP contribution in [0.25, 0.3) is 0 Å². The molecule has 40 heteroatoms. The minimum absolute atomic E-state index is 0.000715. The molecular formula is C68H111N23O17. The standard InChI is InChI=1S/C68H111N23O17/c1-37(2)28-48(87-58(100)39(5)70)64(106)85-45(16-10-11-25-69)61(103)84-46(18-13-27-78-68(75)76)62(104)86-47(23-24-51(71)94)59(101)81-33-54(97)83-44(17-12-26-77-67(73)74)63(105)90-57(40(6)92)66(108)89-49(29-38(3)4)65(107)88-50(30-41-19-21-43(93)22-20-41)60(102)82-34-56(99)91(35-42-14-8-7-9-15-42)36-55(98)80-32-53(96)79-31-52(72)95/h7-9,14-15,19-22,37-40,44-50,57,92-93H,10-13,16-18,23-36,69-70H2,1-6H3,(H2,71,94)(H2,72,95)(H,79,96)(H,80,98)(H,81,101)(H,82,102)(H,83,97)(H,84,103)(H,85,106)(H,86,104)(H,87,100)(H,88,107)(H,89,108)(H,90,105)(H4,73,74,77)(H4,75,76,78)/t39-,40+,44+,45+,46+,47+,48+,49+,50-,57+/m1/s1. The number of hydrogen-bond donors (Lipinski definition) is 22. The van der Waals surface area contributed by atoms with E-state index in [-0.39, 0.29) is 107 Å². The summed E-state index contributed by atoms with van der Waals surface area (Å²) in [5.41, 5.74) is 45.1. The topological polar surface area (TPSA) is 677 Å². The third-order valence-corrected chi connectivity index (χ3v) is 15.9. The zero-order valence-corrected chi connectivity index (χ0v) is 62.0. The molecule has 30 N–H and O–H groups in total. The van der Waals surface area contributed by atoms with Crippen molar-refractivity contribution in [2.24, 2.45) is 67.7 Å². The van der Waals surface area contributed by atoms with Crippen LogP contribution in [-0.2, 0) is 84.9 Å². The summed E-state index contributed by atoms with van der Waals surface area (Å²) >= 11 is 0. The van der Waals surface area contributed by atoms with E-state index in [0.29, 0.717) is 24.0 Å². The Labute approximate surface area is 626 Å². The van der Waals surface area contributed by atoms with E-state index in [1.807, 2.05) is 13.8 Å². The molecule has 0 radical (unpaired) electrons. The quantitative estimate of drug-likeness (QED) is 0.0166. The van der Waals surface area contributed by atoms with E-state index in [2.05, 4.69) is 73.8 Å². The molecule has 0 bridgehead atoms. The average Bonchev–Trinajstić information content (AvgIpc) is 0.854. The lowest BCUT2D eigenvalue weighted by atomic mass is 10.00. The van der Waals surface area contributed by atoms with Crippen LogP contribution in [0.2, 0.25) is 0 Å². The molecule has 0 fully saturated rings. The van der Waals surface area contributed by atoms with Crippen LogP contribution >= 0.6 is 0 Å². The van der Waals surface area contributed by atoms with Crippen molar-refractivity contribution in [2.75, 3.05) is 52.4 Å². The van der Waals surface area contributed by atoms with Gasteiger partial charge in [-0.1, -0.05) is 70.2 Å². The van der Waals surface area contributed by atoms with Gasteiger partial charge < -0.3 is 125 Å². The first kappa shape index (κ1) is 92.8. The molecular weight excluding hydrogens is 1410 g/mol. The third-order valence-electron chi connectivity index (χ3n) is 15.9. The van der Waals surface area contributed by atoms with Gasteiger partial charge in [0, 0.05) is 32.5 Å². The molecule has 600 valence electrons. The van der Waals surface area contributed by atoms with Crippen LogP contribution in [0.3, 0.4) is 0 Å². The van der Waals surface area contributed by atoms with Gasteiger partial charge in [-0.05, 0) is 120 Å². The number of primary amides is 2. The smallest absolute Gasteiger partial charge is 0.245 e. The molecule has 0 heterocycles. The number of nitrogens with zero attached hydrogens (tertiary/aromatic N) is 3. The van der Waals surface area contributed by atoms with Crippen LogP contribution in [0.1, 0.15) is 123 Å². The highest BCUT2D eigenvalue weighted by Gasteiger charge is 2.36. The number of nitrogens with two attached hydrogens (primary N) is 8. The molecule has 2 aromatic rings. The van der Waals surface area contributed by atoms with E-state index in [0.717, 1.165) is 11.8 Å². The second-order valence-electron chi connectivity index (χ2n) is 26.5. The number of benzene rings is 2. The SMILES string of the molecule is CC(C)C[C@H](NC(=O)[C@@H](NC(=O)[C@H](CCCN=C(N)N)NC(=O)CNC(=O)[C@H](CCC(N)=O)NC(=O)[C@H](CCCN=C(N)N)NC(=O)[C@H](CCCCN)NC(=O)[C@H](CC(C)C)NC(=O)[C@@H](C)N)[C@H](C)O)C(=O)N[C@H](Cc1ccc(O)cc1)C(=O)NCC(=O)N(CC(=O)NCC(=O)NCC(N)=O)Cc1ccccc1. The van der Waals surface area contributed by atoms with Crippen molar-refractivity contribution >= 4 is 101 Å². The van der Waals surface area contributed by atoms with Gasteiger partial charge in [-0.25, -0.2) is 0 Å². The van der Waals surface area contributed by atoms with E-state index < -0.39 is 195 Å². The number of rotatable bonds is 51. The second-order valence-corrected chi connectivity index (χ2v) is 26.5. The van der Waals surface area contributed by atoms with Crippen LogP contribution in [-0.4, -0.2) is 228 Å². The highest BCUT2D eigenvalue weighted by Crippen LogP contribution is 2.15. The highest BCUT2D eigenvalue weighted by molar-refractivity contribution is 5.99. The normalized spacial score (nSPS) is 13.7. The second kappa shape index (κ2) is 49.5. The molecule has 2 rings (SSSR count). The number of guanidine groups is 2. The Morgan fingerprint density at radius 1 is 0.435 bits per heavy atom. The monoisotopic (exact) mass is 1520 g/mol. The molecule has 0 unspecified atom stereocenters. The van der Waals surface area contributed by atoms with Gasteiger partial charge in [0.1, 0.15) is 54.1 Å². The number of phenols is 1. The van der Waals surface area contributed by atoms with E-state index >= 15 is 0 Å². The van der Waals surface area contributed by atoms with Gasteiger partial charge in [-0.3, -0.25) is 81.9 Å². The zero-order valence-electron chi connectivity index (χ0n) is 62.0. The van der Waals surface area contributed by atoms with Crippen molar-refractivity contribution in [2.45, 2.75) is 186 Å². The van der Waals surface area contributed by atoms with Crippen LogP contribution < -0.4 is 110 Å². The lowest BCUT2D eigenvalue weighted by Gasteiger charge is -2.28. The lowest BCUT2D eigenvalue weighted by molar-refractivity contribution is -0.138. The van der Waals surface area contributed by atoms with Gasteiger partial charge in [0.25, 0.3) is 0 Å². The summed E-state index contributed by atoms with van der Waals surface area (Å²) in [6, 6.07) is 1.09. The molecule has 40 nitrogen and oxygen atoms in total. The molecule has 2 aromatic carbocycles. The predicted molar refractivity (Wildman–Crippen MR) is 396 cm³/mol. The van der Waals surface area contributed by atoms with E-state index in [1.165, 1.54) is 31.2 Å². The lowest BCUT2D eigenvalue weighted by Crippen LogP contribution is -2.61. The van der Waals surface area contributed by atoms with E-state index in [1.54, 1.807) is 44.2 Å². The third kappa shape index (κ3) is 38.6. The summed E-state index contributed by atoms with van der Waals surface area (Å²) in [6.45, 7) is 6.30. The van der Waals surface area contributed by atoms with Gasteiger partial charge >= 0.3 is 0 Å². The fraction of sp³-hybridized carbons (Fsp3) is 0.574. The number of aliphatic imine (C=N–C) groups is 2. The Morgan fingerprint density at radius 2 is 0.880 bits per heavy atom. The number of hydrogen-bond acceptors (Lipinski definition) is 21. The number of amides is 15. The van der Waals surface area contributed by atoms with Gasteiger partial charge in [0.2, 0.25) is 88.6 Å². The summed E-state index contributed by atoms with van der Waals surface area (Å²) in [7, 11) is 0. The zero-order chi connectivity index (χ0) is 81.2. The fourth-order valence-electron chi connectivity index (χ4n) is 10.3. The van der Waals surface area contributed by atoms with Crippen LogP contribution in [0, 0.1) is 11.8 Å². The number of carbonyl (C=O) groups excluding carboxylic acids is 15. The molecule has 15 amide bonds. The largest absolute Gasteiger partial charge is 0.508 e. The Kier molecular flexibility index (Phi) is 42.5. The molecule has 10 atom stereocenters. The minimum atomic E-state index is -1.86. The van der Waals surface area contributed by atoms with Crippen molar-refractivity contribution in [3.05, 3.63) is 65.7 Å². The van der Waals surface area contributed by atoms with Crippen molar-refractivity contribution < 1.29 is 82.1 Å². The molecule has 0 saturated carbocycles. The summed E-state index contributed by atoms with van der Waals surface area (Å²) in [5, 5.41) is 50.9. The Morgan fingerprint density at radius 3 is 1.37 bits per heavy atom. The van der Waals surface area contributed by atoms with Crippen LogP contribution in [0.15, 0.2) is 64.6 Å². The van der Waals surface area contributed by atoms with Gasteiger partial charge in [-0.2, -0.15) is 0 Å². The first-order valence-corrected chi connectivity index (χ1v) is 35.3. The average molecular weight is 1520 g/mol. The Bertz CT molecular complexity index is 3390. The number of aliphatic hydroxyl groups excluding tert-OH is 1. The molecule has 0 saturated heterocycles. The van der Waals surface area contributed by atoms with E-state index in [9.17, 15) is 82.1 Å². The highest BCUT2D eigenvalue weighted by atomic mass is 16.3. The van der Waals surface area contributed by atoms with Crippen molar-refractivity contribution in [3.63, 3.8) is 0 Å². The summed E-state index contributed by atoms with van der Waals surface area (Å²) in [4.78, 5) is 211. The molecule has 0 aromatic heterocycles. The fourth-order valence-corrected chi connectivity index (χ4v) is 10.3. The summed E-state index contributed by atoms with van der Waals surface area (Å²) < 4.78 is 0. The van der Waals surface area contributed by atoms with Crippen molar-refractivity contribution in [1.82, 2.24) is 68.7 Å². The Balaban J connectivity index is 2.46. The van der Waals surface area contributed by atoms with Gasteiger partial charge in [-0.15, -0.1) is 0 Å². The van der Waals surface area contributed by atoms with Crippen molar-refractivity contribution in [1.29, 1.82) is 0 Å². The number of aromatic hydroxyl groups is 1. The first-order chi connectivity index (χ1) is 50.9. The number of nitrogens with one attached hydrogen (secondary N) is 12. The van der Waals surface area contributed by atoms with Crippen LogP contribution in [0.5, 0.6) is 5.75 Å². The number of unbranched alkanes of at least 4 members (excludes halogenated alkanes) is 1. The Hall–Kier alpha value is -11.3. The summed E-state index contributed by atoms with van der Waals surface area (Å²) in [6.07, 6.45) is -2.40. The maximum absolute atomic E-state index is 14.5. The predicted octanol–water partition coefficient (Wildman–Crippen LogP) is -7.89. The van der Waals surface area contributed by atoms with Crippen molar-refractivity contribution in [3.8, 4) is 5.75 Å². The van der Waals surface area contributed by atoms with Crippen LogP contribution in [0.4, 0.5) is 0 Å². The maximum Gasteiger partial charge on any atom is 0.245 e. The first-order valence-electron chi connectivity index (χ1n) is 35.3. The molecule has 108 heavy (non-hydrogen) atoms. The molecule has 0 aliphatic carbocycles. The maximum atomic E-state index is 14.5. The summed E-state index contributed by atoms with van der Waals surface area (Å²) in [5.74, 6) is -14.6. The van der Waals surface area contributed by atoms with Gasteiger partial charge in [0.05, 0.1) is 44.9 Å². The molecule has 0 aliphatic heterocycles. The number of aliphatic hydroxyl groups is 1. The number of carbonyl (C=O) groups is 15. The van der Waals surface area contributed by atoms with Gasteiger partial charge in [0.15, 0.2) is 11.9 Å². The number of phenolic OH excluding ortho intramolecular Hbond substituents is 1. The van der Waals surface area contributed by atoms with E-state index in [4.69, 9.17) is 45.9 Å². The minimum Gasteiger partial charge on any atom is -0.508 e.